The Kier molecular flexibility index (Phi) is 2.71. The van der Waals surface area contributed by atoms with E-state index in [-0.39, 0.29) is 12.6 Å². The quantitative estimate of drug-likeness (QED) is 0.735. The van der Waals surface area contributed by atoms with Crippen molar-refractivity contribution < 1.29 is 13.9 Å². The number of halogens is 1. The summed E-state index contributed by atoms with van der Waals surface area (Å²) < 4.78 is 26.4. The van der Waals surface area contributed by atoms with Crippen molar-refractivity contribution in [3.05, 3.63) is 52.5 Å². The molecule has 0 aliphatic carbocycles. The Hall–Kier alpha value is -2.34. The molecule has 0 atom stereocenters. The number of nitrogens with one attached hydrogen (secondary N) is 1. The molecule has 0 saturated carbocycles. The molecule has 0 radical (unpaired) electrons. The minimum Gasteiger partial charge on any atom is -0.454 e. The molecular formula is C15H11FN2O2S. The Balaban J connectivity index is 1.77. The van der Waals surface area contributed by atoms with Crippen molar-refractivity contribution in [2.24, 2.45) is 0 Å². The second-order valence-corrected chi connectivity index (χ2v) is 5.25. The van der Waals surface area contributed by atoms with Crippen LogP contribution in [0.4, 0.5) is 4.39 Å². The van der Waals surface area contributed by atoms with Crippen LogP contribution in [0, 0.1) is 10.6 Å². The zero-order chi connectivity index (χ0) is 14.4. The Bertz CT molecular complexity index is 900. The highest BCUT2D eigenvalue weighted by atomic mass is 32.1. The molecule has 2 aromatic carbocycles. The Morgan fingerprint density at radius 1 is 1.14 bits per heavy atom. The van der Waals surface area contributed by atoms with Crippen molar-refractivity contribution in [1.29, 1.82) is 0 Å². The van der Waals surface area contributed by atoms with E-state index in [9.17, 15) is 4.39 Å². The minimum absolute atomic E-state index is 0.255. The van der Waals surface area contributed by atoms with Crippen LogP contribution < -0.4 is 9.47 Å². The van der Waals surface area contributed by atoms with E-state index in [1.54, 1.807) is 6.07 Å². The van der Waals surface area contributed by atoms with Crippen molar-refractivity contribution in [3.8, 4) is 11.5 Å². The van der Waals surface area contributed by atoms with Crippen molar-refractivity contribution in [2.75, 3.05) is 6.79 Å². The summed E-state index contributed by atoms with van der Waals surface area (Å²) in [5.41, 5.74) is 2.61. The molecule has 0 unspecified atom stereocenters. The van der Waals surface area contributed by atoms with E-state index in [4.69, 9.17) is 21.7 Å². The zero-order valence-electron chi connectivity index (χ0n) is 10.9. The van der Waals surface area contributed by atoms with Crippen molar-refractivity contribution in [3.63, 3.8) is 0 Å². The van der Waals surface area contributed by atoms with Gasteiger partial charge in [-0.05, 0) is 48.1 Å². The van der Waals surface area contributed by atoms with Gasteiger partial charge < -0.3 is 19.0 Å². The van der Waals surface area contributed by atoms with Gasteiger partial charge in [-0.3, -0.25) is 0 Å². The highest BCUT2D eigenvalue weighted by molar-refractivity contribution is 7.71. The van der Waals surface area contributed by atoms with Crippen LogP contribution in [0.1, 0.15) is 5.56 Å². The molecule has 21 heavy (non-hydrogen) atoms. The summed E-state index contributed by atoms with van der Waals surface area (Å²) in [6, 6.07) is 10.4. The molecule has 6 heteroatoms. The summed E-state index contributed by atoms with van der Waals surface area (Å²) in [4.78, 5) is 3.02. The molecule has 0 spiro atoms. The molecule has 1 aromatic heterocycles. The topological polar surface area (TPSA) is 39.2 Å². The Morgan fingerprint density at radius 2 is 2.00 bits per heavy atom. The molecule has 106 valence electrons. The second kappa shape index (κ2) is 4.60. The van der Waals surface area contributed by atoms with E-state index in [0.717, 1.165) is 22.6 Å². The third-order valence-electron chi connectivity index (χ3n) is 3.51. The molecule has 1 aliphatic rings. The van der Waals surface area contributed by atoms with Gasteiger partial charge >= 0.3 is 0 Å². The van der Waals surface area contributed by atoms with Gasteiger partial charge in [0, 0.05) is 0 Å². The number of aromatic amines is 1. The van der Waals surface area contributed by atoms with E-state index >= 15 is 0 Å². The lowest BCUT2D eigenvalue weighted by atomic mass is 10.2. The monoisotopic (exact) mass is 302 g/mol. The highest BCUT2D eigenvalue weighted by Gasteiger charge is 2.14. The molecule has 0 amide bonds. The third kappa shape index (κ3) is 2.08. The highest BCUT2D eigenvalue weighted by Crippen LogP contribution is 2.33. The third-order valence-corrected chi connectivity index (χ3v) is 3.84. The molecule has 0 fully saturated rings. The number of hydrogen-bond donors (Lipinski definition) is 1. The van der Waals surface area contributed by atoms with Gasteiger partial charge in [-0.25, -0.2) is 4.39 Å². The number of fused-ring (bicyclic) bond motifs is 2. The molecule has 2 heterocycles. The molecule has 3 aromatic rings. The number of hydrogen-bond acceptors (Lipinski definition) is 3. The van der Waals surface area contributed by atoms with Gasteiger partial charge in [-0.15, -0.1) is 0 Å². The number of aromatic nitrogens is 2. The number of rotatable bonds is 2. The van der Waals surface area contributed by atoms with Crippen LogP contribution in [-0.2, 0) is 6.54 Å². The number of H-pyrrole nitrogens is 1. The van der Waals surface area contributed by atoms with Crippen LogP contribution in [0.3, 0.4) is 0 Å². The van der Waals surface area contributed by atoms with Crippen molar-refractivity contribution >= 4 is 23.3 Å². The average molecular weight is 302 g/mol. The van der Waals surface area contributed by atoms with Gasteiger partial charge in [-0.1, -0.05) is 6.07 Å². The molecule has 4 rings (SSSR count). The lowest BCUT2D eigenvalue weighted by molar-refractivity contribution is 0.174. The van der Waals surface area contributed by atoms with Crippen LogP contribution in [0.25, 0.3) is 11.0 Å². The second-order valence-electron chi connectivity index (χ2n) is 4.87. The first-order valence-corrected chi connectivity index (χ1v) is 6.88. The predicted molar refractivity (Wildman–Crippen MR) is 78.7 cm³/mol. The van der Waals surface area contributed by atoms with Crippen LogP contribution >= 0.6 is 12.2 Å². The maximum Gasteiger partial charge on any atom is 0.231 e. The normalized spacial score (nSPS) is 13.0. The van der Waals surface area contributed by atoms with Crippen LogP contribution in [-0.4, -0.2) is 16.3 Å². The summed E-state index contributed by atoms with van der Waals surface area (Å²) in [5.74, 6) is 1.21. The first-order valence-electron chi connectivity index (χ1n) is 6.47. The fourth-order valence-corrected chi connectivity index (χ4v) is 2.79. The van der Waals surface area contributed by atoms with E-state index in [0.29, 0.717) is 16.8 Å². The molecule has 1 N–H and O–H groups in total. The van der Waals surface area contributed by atoms with Crippen molar-refractivity contribution in [2.45, 2.75) is 6.54 Å². The lowest BCUT2D eigenvalue weighted by Gasteiger charge is -2.06. The van der Waals surface area contributed by atoms with Gasteiger partial charge in [0.1, 0.15) is 5.82 Å². The van der Waals surface area contributed by atoms with E-state index in [1.165, 1.54) is 12.1 Å². The summed E-state index contributed by atoms with van der Waals surface area (Å²) in [6.45, 7) is 0.839. The Morgan fingerprint density at radius 3 is 2.90 bits per heavy atom. The van der Waals surface area contributed by atoms with Gasteiger partial charge in [0.2, 0.25) is 6.79 Å². The summed E-state index contributed by atoms with van der Waals surface area (Å²) in [6.07, 6.45) is 0. The molecule has 1 aliphatic heterocycles. The number of imidazole rings is 1. The smallest absolute Gasteiger partial charge is 0.231 e. The van der Waals surface area contributed by atoms with Crippen LogP contribution in [0.15, 0.2) is 36.4 Å². The average Bonchev–Trinajstić information content (AvgIpc) is 3.03. The summed E-state index contributed by atoms with van der Waals surface area (Å²) >= 11 is 5.32. The zero-order valence-corrected chi connectivity index (χ0v) is 11.7. The molecule has 4 nitrogen and oxygen atoms in total. The standard InChI is InChI=1S/C15H11FN2O2S/c16-10-2-3-12-11(6-10)17-15(21)18(12)7-9-1-4-13-14(5-9)20-8-19-13/h1-6H,7-8H2,(H,17,21). The predicted octanol–water partition coefficient (Wildman–Crippen LogP) is 3.61. The minimum atomic E-state index is -0.283. The fourth-order valence-electron chi connectivity index (χ4n) is 2.51. The van der Waals surface area contributed by atoms with E-state index in [2.05, 4.69) is 4.98 Å². The first kappa shape index (κ1) is 12.4. The van der Waals surface area contributed by atoms with Gasteiger partial charge in [0.15, 0.2) is 16.3 Å². The number of ether oxygens (including phenoxy) is 2. The fraction of sp³-hybridized carbons (Fsp3) is 0.133. The van der Waals surface area contributed by atoms with Gasteiger partial charge in [0.25, 0.3) is 0 Å². The summed E-state index contributed by atoms with van der Waals surface area (Å²) in [5, 5.41) is 0. The maximum atomic E-state index is 13.3. The van der Waals surface area contributed by atoms with E-state index < -0.39 is 0 Å². The van der Waals surface area contributed by atoms with Gasteiger partial charge in [-0.2, -0.15) is 0 Å². The number of benzene rings is 2. The molecular weight excluding hydrogens is 291 g/mol. The van der Waals surface area contributed by atoms with Gasteiger partial charge in [0.05, 0.1) is 17.6 Å². The van der Waals surface area contributed by atoms with E-state index in [1.807, 2.05) is 22.8 Å². The summed E-state index contributed by atoms with van der Waals surface area (Å²) in [7, 11) is 0. The SMILES string of the molecule is Fc1ccc2c(c1)[nH]c(=S)n2Cc1ccc2c(c1)OCO2. The lowest BCUT2D eigenvalue weighted by Crippen LogP contribution is -1.99. The first-order chi connectivity index (χ1) is 10.2. The maximum absolute atomic E-state index is 13.3. The number of nitrogens with zero attached hydrogens (tertiary/aromatic N) is 1. The molecule has 0 bridgehead atoms. The largest absolute Gasteiger partial charge is 0.454 e. The van der Waals surface area contributed by atoms with Crippen LogP contribution in [0.5, 0.6) is 11.5 Å². The Labute approximate surface area is 124 Å². The van der Waals surface area contributed by atoms with Crippen LogP contribution in [0.2, 0.25) is 0 Å². The van der Waals surface area contributed by atoms with Crippen molar-refractivity contribution in [1.82, 2.24) is 9.55 Å². The molecule has 0 saturated heterocycles.